The molecule has 1 atom stereocenters. The molecule has 2 heterocycles. The van der Waals surface area contributed by atoms with Gasteiger partial charge < -0.3 is 20.3 Å². The van der Waals surface area contributed by atoms with E-state index in [1.807, 2.05) is 24.3 Å². The van der Waals surface area contributed by atoms with Crippen molar-refractivity contribution in [3.05, 3.63) is 36.0 Å². The van der Waals surface area contributed by atoms with Crippen LogP contribution in [0.3, 0.4) is 0 Å². The molecule has 1 fully saturated rings. The van der Waals surface area contributed by atoms with Crippen molar-refractivity contribution in [2.45, 2.75) is 18.9 Å². The molecule has 23 heavy (non-hydrogen) atoms. The Kier molecular flexibility index (Phi) is 4.01. The molecule has 1 aromatic heterocycles. The number of nitrogens with zero attached hydrogens (tertiary/aromatic N) is 1. The first-order chi connectivity index (χ1) is 11.1. The number of aromatic amines is 1. The molecule has 7 nitrogen and oxygen atoms in total. The van der Waals surface area contributed by atoms with Gasteiger partial charge in [0, 0.05) is 17.4 Å². The molecule has 0 unspecified atom stereocenters. The Balaban J connectivity index is 1.62. The number of carbonyl (C=O) groups is 3. The molecule has 0 radical (unpaired) electrons. The molecule has 0 saturated carbocycles. The Morgan fingerprint density at radius 2 is 2.09 bits per heavy atom. The number of aromatic nitrogens is 1. The molecule has 0 spiro atoms. The van der Waals surface area contributed by atoms with Gasteiger partial charge in [-0.3, -0.25) is 9.59 Å². The molecule has 7 heteroatoms. The molecular formula is C16H17N3O4. The number of aliphatic carboxylic acids is 1. The van der Waals surface area contributed by atoms with Gasteiger partial charge in [-0.05, 0) is 25.0 Å². The number of rotatable bonds is 4. The fourth-order valence-electron chi connectivity index (χ4n) is 2.87. The number of carboxylic acid groups (broad SMARTS) is 1. The van der Waals surface area contributed by atoms with Gasteiger partial charge in [0.05, 0.1) is 6.54 Å². The maximum atomic E-state index is 12.1. The van der Waals surface area contributed by atoms with Gasteiger partial charge in [-0.25, -0.2) is 4.79 Å². The van der Waals surface area contributed by atoms with Crippen LogP contribution < -0.4 is 5.32 Å². The number of para-hydroxylation sites is 1. The van der Waals surface area contributed by atoms with Crippen molar-refractivity contribution in [1.29, 1.82) is 0 Å². The number of benzene rings is 1. The second kappa shape index (κ2) is 6.12. The minimum atomic E-state index is -1.00. The van der Waals surface area contributed by atoms with E-state index in [4.69, 9.17) is 5.11 Å². The Bertz CT molecular complexity index is 735. The first-order valence-corrected chi connectivity index (χ1v) is 7.44. The molecular weight excluding hydrogens is 298 g/mol. The lowest BCUT2D eigenvalue weighted by Gasteiger charge is -2.21. The van der Waals surface area contributed by atoms with Gasteiger partial charge in [0.2, 0.25) is 5.91 Å². The molecule has 1 aliphatic rings. The molecule has 1 saturated heterocycles. The lowest BCUT2D eigenvalue weighted by atomic mass is 10.2. The maximum absolute atomic E-state index is 12.1. The molecule has 2 amide bonds. The van der Waals surface area contributed by atoms with Crippen LogP contribution in [0.15, 0.2) is 30.3 Å². The zero-order valence-corrected chi connectivity index (χ0v) is 12.4. The zero-order chi connectivity index (χ0) is 16.4. The van der Waals surface area contributed by atoms with Gasteiger partial charge in [-0.2, -0.15) is 0 Å². The van der Waals surface area contributed by atoms with E-state index < -0.39 is 12.0 Å². The standard InChI is InChI=1S/C16H17N3O4/c20-14(19-7-3-6-13(19)16(22)23)9-17-15(21)12-8-10-4-1-2-5-11(10)18-12/h1-2,4-5,8,13,18H,3,6-7,9H2,(H,17,21)(H,22,23)/t13-/m1/s1. The van der Waals surface area contributed by atoms with E-state index in [1.165, 1.54) is 4.90 Å². The van der Waals surface area contributed by atoms with E-state index >= 15 is 0 Å². The molecule has 1 aliphatic heterocycles. The van der Waals surface area contributed by atoms with Crippen molar-refractivity contribution in [3.8, 4) is 0 Å². The van der Waals surface area contributed by atoms with Crippen LogP contribution in [-0.2, 0) is 9.59 Å². The SMILES string of the molecule is O=C(NCC(=O)N1CCC[C@@H]1C(=O)O)c1cc2ccccc2[nH]1. The summed E-state index contributed by atoms with van der Waals surface area (Å²) in [5, 5.41) is 12.5. The van der Waals surface area contributed by atoms with Crippen molar-refractivity contribution in [2.24, 2.45) is 0 Å². The summed E-state index contributed by atoms with van der Waals surface area (Å²) in [6, 6.07) is 8.41. The normalized spacial score (nSPS) is 17.4. The fourth-order valence-corrected chi connectivity index (χ4v) is 2.87. The maximum Gasteiger partial charge on any atom is 0.326 e. The number of fused-ring (bicyclic) bond motifs is 1. The largest absolute Gasteiger partial charge is 0.480 e. The average Bonchev–Trinajstić information content (AvgIpc) is 3.18. The van der Waals surface area contributed by atoms with Gasteiger partial charge in [0.1, 0.15) is 11.7 Å². The number of hydrogen-bond acceptors (Lipinski definition) is 3. The van der Waals surface area contributed by atoms with E-state index in [9.17, 15) is 14.4 Å². The highest BCUT2D eigenvalue weighted by Crippen LogP contribution is 2.17. The lowest BCUT2D eigenvalue weighted by Crippen LogP contribution is -2.45. The minimum absolute atomic E-state index is 0.210. The predicted octanol–water partition coefficient (Wildman–Crippen LogP) is 0.973. The number of H-pyrrole nitrogens is 1. The Hall–Kier alpha value is -2.83. The summed E-state index contributed by atoms with van der Waals surface area (Å²) >= 11 is 0. The average molecular weight is 315 g/mol. The molecule has 1 aromatic carbocycles. The van der Waals surface area contributed by atoms with Crippen LogP contribution in [-0.4, -0.2) is 51.9 Å². The monoisotopic (exact) mass is 315 g/mol. The molecule has 120 valence electrons. The summed E-state index contributed by atoms with van der Waals surface area (Å²) in [7, 11) is 0. The highest BCUT2D eigenvalue weighted by atomic mass is 16.4. The van der Waals surface area contributed by atoms with Crippen molar-refractivity contribution in [2.75, 3.05) is 13.1 Å². The van der Waals surface area contributed by atoms with Gasteiger partial charge in [0.25, 0.3) is 5.91 Å². The lowest BCUT2D eigenvalue weighted by molar-refractivity contribution is -0.147. The number of likely N-dealkylation sites (tertiary alicyclic amines) is 1. The van der Waals surface area contributed by atoms with E-state index in [0.717, 1.165) is 10.9 Å². The summed E-state index contributed by atoms with van der Waals surface area (Å²) in [6.07, 6.45) is 1.12. The van der Waals surface area contributed by atoms with Gasteiger partial charge in [-0.1, -0.05) is 18.2 Å². The van der Waals surface area contributed by atoms with E-state index in [1.54, 1.807) is 6.07 Å². The third-order valence-corrected chi connectivity index (χ3v) is 4.03. The Labute approximate surface area is 132 Å². The third kappa shape index (κ3) is 3.03. The van der Waals surface area contributed by atoms with Crippen LogP contribution >= 0.6 is 0 Å². The number of nitrogens with one attached hydrogen (secondary N) is 2. The number of hydrogen-bond donors (Lipinski definition) is 3. The topological polar surface area (TPSA) is 102 Å². The third-order valence-electron chi connectivity index (χ3n) is 4.03. The molecule has 3 N–H and O–H groups in total. The summed E-state index contributed by atoms with van der Waals surface area (Å²) in [4.78, 5) is 39.6. The van der Waals surface area contributed by atoms with Crippen LogP contribution in [0, 0.1) is 0 Å². The van der Waals surface area contributed by atoms with Crippen molar-refractivity contribution in [1.82, 2.24) is 15.2 Å². The quantitative estimate of drug-likeness (QED) is 0.782. The summed E-state index contributed by atoms with van der Waals surface area (Å²) in [6.45, 7) is 0.204. The fraction of sp³-hybridized carbons (Fsp3) is 0.312. The van der Waals surface area contributed by atoms with Crippen molar-refractivity contribution >= 4 is 28.7 Å². The van der Waals surface area contributed by atoms with Gasteiger partial charge in [-0.15, -0.1) is 0 Å². The van der Waals surface area contributed by atoms with Crippen molar-refractivity contribution in [3.63, 3.8) is 0 Å². The van der Waals surface area contributed by atoms with Crippen LogP contribution in [0.1, 0.15) is 23.3 Å². The summed E-state index contributed by atoms with van der Waals surface area (Å²) < 4.78 is 0. The highest BCUT2D eigenvalue weighted by Gasteiger charge is 2.33. The van der Waals surface area contributed by atoms with Crippen LogP contribution in [0.25, 0.3) is 10.9 Å². The Morgan fingerprint density at radius 3 is 2.83 bits per heavy atom. The van der Waals surface area contributed by atoms with Crippen molar-refractivity contribution < 1.29 is 19.5 Å². The van der Waals surface area contributed by atoms with Crippen LogP contribution in [0.4, 0.5) is 0 Å². The number of carbonyl (C=O) groups excluding carboxylic acids is 2. The van der Waals surface area contributed by atoms with Crippen LogP contribution in [0.5, 0.6) is 0 Å². The number of amides is 2. The second-order valence-electron chi connectivity index (χ2n) is 5.54. The van der Waals surface area contributed by atoms with Gasteiger partial charge >= 0.3 is 5.97 Å². The molecule has 3 rings (SSSR count). The molecule has 0 bridgehead atoms. The summed E-state index contributed by atoms with van der Waals surface area (Å²) in [5.74, 6) is -1.77. The first-order valence-electron chi connectivity index (χ1n) is 7.44. The second-order valence-corrected chi connectivity index (χ2v) is 5.54. The summed E-state index contributed by atoms with van der Waals surface area (Å²) in [5.41, 5.74) is 1.21. The molecule has 0 aliphatic carbocycles. The van der Waals surface area contributed by atoms with Crippen LogP contribution in [0.2, 0.25) is 0 Å². The smallest absolute Gasteiger partial charge is 0.326 e. The van der Waals surface area contributed by atoms with E-state index in [0.29, 0.717) is 25.1 Å². The Morgan fingerprint density at radius 1 is 1.30 bits per heavy atom. The molecule has 2 aromatic rings. The minimum Gasteiger partial charge on any atom is -0.480 e. The first kappa shape index (κ1) is 15.1. The van der Waals surface area contributed by atoms with Gasteiger partial charge in [0.15, 0.2) is 0 Å². The van der Waals surface area contributed by atoms with E-state index in [-0.39, 0.29) is 18.4 Å². The predicted molar refractivity (Wildman–Crippen MR) is 83.0 cm³/mol. The van der Waals surface area contributed by atoms with E-state index in [2.05, 4.69) is 10.3 Å². The number of carboxylic acids is 1. The highest BCUT2D eigenvalue weighted by molar-refractivity contribution is 5.99. The zero-order valence-electron chi connectivity index (χ0n) is 12.4.